The molecule has 0 atom stereocenters. The summed E-state index contributed by atoms with van der Waals surface area (Å²) < 4.78 is 0.533. The molecule has 0 spiro atoms. The number of hydrogen-bond acceptors (Lipinski definition) is 2. The van der Waals surface area contributed by atoms with Gasteiger partial charge in [-0.3, -0.25) is 9.78 Å². The highest BCUT2D eigenvalue weighted by Gasteiger charge is 2.13. The highest BCUT2D eigenvalue weighted by molar-refractivity contribution is 9.10. The summed E-state index contributed by atoms with van der Waals surface area (Å²) in [5.74, 6) is 0.239. The van der Waals surface area contributed by atoms with Crippen LogP contribution in [0.15, 0.2) is 33.5 Å². The number of aromatic amines is 1. The summed E-state index contributed by atoms with van der Waals surface area (Å²) in [5.41, 5.74) is 3.64. The van der Waals surface area contributed by atoms with Crippen molar-refractivity contribution in [2.24, 2.45) is 0 Å². The molecular formula is C14H15BrN2O. The van der Waals surface area contributed by atoms with Crippen molar-refractivity contribution in [3.05, 3.63) is 50.5 Å². The van der Waals surface area contributed by atoms with E-state index in [2.05, 4.69) is 39.7 Å². The molecule has 1 N–H and O–H groups in total. The summed E-state index contributed by atoms with van der Waals surface area (Å²) in [6, 6.07) is 7.73. The van der Waals surface area contributed by atoms with Crippen LogP contribution in [0.3, 0.4) is 0 Å². The van der Waals surface area contributed by atoms with E-state index in [1.807, 2.05) is 31.2 Å². The second-order valence-corrected chi connectivity index (χ2v) is 5.45. The Balaban J connectivity index is 2.69. The predicted molar refractivity (Wildman–Crippen MR) is 76.8 cm³/mol. The molecule has 0 unspecified atom stereocenters. The summed E-state index contributed by atoms with van der Waals surface area (Å²) in [5, 5.41) is 0. The minimum absolute atomic E-state index is 0.102. The van der Waals surface area contributed by atoms with Gasteiger partial charge >= 0.3 is 0 Å². The number of halogens is 1. The van der Waals surface area contributed by atoms with Crippen molar-refractivity contribution >= 4 is 15.9 Å². The molecule has 2 aromatic heterocycles. The van der Waals surface area contributed by atoms with Gasteiger partial charge in [0.2, 0.25) is 0 Å². The van der Waals surface area contributed by atoms with E-state index in [1.165, 1.54) is 0 Å². The van der Waals surface area contributed by atoms with Crippen LogP contribution in [0.1, 0.15) is 31.2 Å². The summed E-state index contributed by atoms with van der Waals surface area (Å²) in [4.78, 5) is 19.1. The monoisotopic (exact) mass is 306 g/mol. The Morgan fingerprint density at radius 1 is 1.33 bits per heavy atom. The lowest BCUT2D eigenvalue weighted by atomic mass is 10.0. The van der Waals surface area contributed by atoms with Gasteiger partial charge in [-0.05, 0) is 47.0 Å². The molecule has 0 fully saturated rings. The molecule has 2 rings (SSSR count). The average Bonchev–Trinajstić information content (AvgIpc) is 2.31. The first kappa shape index (κ1) is 13.0. The molecule has 0 saturated carbocycles. The smallest absolute Gasteiger partial charge is 0.262 e. The zero-order chi connectivity index (χ0) is 13.3. The normalized spacial score (nSPS) is 10.9. The lowest BCUT2D eigenvalue weighted by Crippen LogP contribution is -2.12. The minimum Gasteiger partial charge on any atom is -0.324 e. The van der Waals surface area contributed by atoms with Crippen molar-refractivity contribution in [3.8, 4) is 11.3 Å². The van der Waals surface area contributed by atoms with Crippen LogP contribution in [-0.4, -0.2) is 9.97 Å². The topological polar surface area (TPSA) is 45.8 Å². The van der Waals surface area contributed by atoms with E-state index in [-0.39, 0.29) is 11.5 Å². The first-order valence-corrected chi connectivity index (χ1v) is 6.65. The second-order valence-electron chi connectivity index (χ2n) is 4.59. The lowest BCUT2D eigenvalue weighted by Gasteiger charge is -2.12. The van der Waals surface area contributed by atoms with Gasteiger partial charge in [0.25, 0.3) is 5.56 Å². The minimum atomic E-state index is -0.102. The number of rotatable bonds is 2. The van der Waals surface area contributed by atoms with Crippen molar-refractivity contribution in [3.63, 3.8) is 0 Å². The van der Waals surface area contributed by atoms with Gasteiger partial charge in [0.1, 0.15) is 0 Å². The summed E-state index contributed by atoms with van der Waals surface area (Å²) in [6.07, 6.45) is 0. The fraction of sp³-hybridized carbons (Fsp3) is 0.286. The van der Waals surface area contributed by atoms with Crippen molar-refractivity contribution < 1.29 is 0 Å². The van der Waals surface area contributed by atoms with Crippen molar-refractivity contribution in [2.45, 2.75) is 26.7 Å². The summed E-state index contributed by atoms with van der Waals surface area (Å²) >= 11 is 3.27. The number of aryl methyl sites for hydroxylation is 1. The number of hydrogen-bond donors (Lipinski definition) is 1. The van der Waals surface area contributed by atoms with Gasteiger partial charge in [-0.2, -0.15) is 0 Å². The first-order valence-electron chi connectivity index (χ1n) is 5.86. The Hall–Kier alpha value is -1.42. The molecule has 3 nitrogen and oxygen atoms in total. The maximum Gasteiger partial charge on any atom is 0.262 e. The molecular weight excluding hydrogens is 292 g/mol. The molecule has 0 aliphatic heterocycles. The molecule has 0 amide bonds. The number of H-pyrrole nitrogens is 1. The van der Waals surface area contributed by atoms with Gasteiger partial charge < -0.3 is 4.98 Å². The molecule has 2 heterocycles. The highest BCUT2D eigenvalue weighted by Crippen LogP contribution is 2.27. The second kappa shape index (κ2) is 5.06. The Morgan fingerprint density at radius 2 is 2.06 bits per heavy atom. The molecule has 0 aliphatic rings. The van der Waals surface area contributed by atoms with Crippen LogP contribution in [0.25, 0.3) is 11.3 Å². The SMILES string of the molecule is Cc1cccc(-c2cc(Br)c(=O)[nH]c2C(C)C)n1. The maximum atomic E-state index is 11.7. The van der Waals surface area contributed by atoms with Crippen molar-refractivity contribution in [1.29, 1.82) is 0 Å². The zero-order valence-corrected chi connectivity index (χ0v) is 12.2. The van der Waals surface area contributed by atoms with E-state index in [4.69, 9.17) is 0 Å². The number of nitrogens with zero attached hydrogens (tertiary/aromatic N) is 1. The third-order valence-corrected chi connectivity index (χ3v) is 3.36. The third-order valence-electron chi connectivity index (χ3n) is 2.77. The lowest BCUT2D eigenvalue weighted by molar-refractivity contribution is 0.816. The highest BCUT2D eigenvalue weighted by atomic mass is 79.9. The molecule has 2 aromatic rings. The van der Waals surface area contributed by atoms with Crippen molar-refractivity contribution in [1.82, 2.24) is 9.97 Å². The number of aromatic nitrogens is 2. The van der Waals surface area contributed by atoms with Crippen LogP contribution in [0.2, 0.25) is 0 Å². The molecule has 94 valence electrons. The Kier molecular flexibility index (Phi) is 3.66. The predicted octanol–water partition coefficient (Wildman–Crippen LogP) is 3.63. The molecule has 0 bridgehead atoms. The quantitative estimate of drug-likeness (QED) is 0.921. The van der Waals surface area contributed by atoms with Crippen LogP contribution in [-0.2, 0) is 0 Å². The summed E-state index contributed by atoms with van der Waals surface area (Å²) in [6.45, 7) is 6.07. The largest absolute Gasteiger partial charge is 0.324 e. The zero-order valence-electron chi connectivity index (χ0n) is 10.6. The van der Waals surface area contributed by atoms with Gasteiger partial charge in [0, 0.05) is 17.0 Å². The van der Waals surface area contributed by atoms with Crippen molar-refractivity contribution in [2.75, 3.05) is 0 Å². The van der Waals surface area contributed by atoms with E-state index >= 15 is 0 Å². The van der Waals surface area contributed by atoms with Gasteiger partial charge in [-0.15, -0.1) is 0 Å². The van der Waals surface area contributed by atoms with Crippen LogP contribution in [0.5, 0.6) is 0 Å². The van der Waals surface area contributed by atoms with Crippen LogP contribution in [0, 0.1) is 6.92 Å². The fourth-order valence-electron chi connectivity index (χ4n) is 1.88. The fourth-order valence-corrected chi connectivity index (χ4v) is 2.21. The van der Waals surface area contributed by atoms with Gasteiger partial charge in [0.15, 0.2) is 0 Å². The van der Waals surface area contributed by atoms with E-state index in [0.29, 0.717) is 4.47 Å². The van der Waals surface area contributed by atoms with E-state index in [1.54, 1.807) is 0 Å². The van der Waals surface area contributed by atoms with E-state index in [9.17, 15) is 4.79 Å². The Labute approximate surface area is 114 Å². The van der Waals surface area contributed by atoms with Crippen LogP contribution >= 0.6 is 15.9 Å². The third kappa shape index (κ3) is 2.53. The van der Waals surface area contributed by atoms with E-state index < -0.39 is 0 Å². The van der Waals surface area contributed by atoms with E-state index in [0.717, 1.165) is 22.6 Å². The molecule has 0 radical (unpaired) electrons. The van der Waals surface area contributed by atoms with Crippen LogP contribution < -0.4 is 5.56 Å². The maximum absolute atomic E-state index is 11.7. The molecule has 0 aliphatic carbocycles. The molecule has 0 aromatic carbocycles. The number of pyridine rings is 2. The van der Waals surface area contributed by atoms with Gasteiger partial charge in [-0.1, -0.05) is 19.9 Å². The van der Waals surface area contributed by atoms with Gasteiger partial charge in [-0.25, -0.2) is 0 Å². The van der Waals surface area contributed by atoms with Crippen LogP contribution in [0.4, 0.5) is 0 Å². The number of nitrogens with one attached hydrogen (secondary N) is 1. The Morgan fingerprint density at radius 3 is 2.67 bits per heavy atom. The molecule has 18 heavy (non-hydrogen) atoms. The van der Waals surface area contributed by atoms with Gasteiger partial charge in [0.05, 0.1) is 10.2 Å². The molecule has 4 heteroatoms. The standard InChI is InChI=1S/C14H15BrN2O/c1-8(2)13-10(7-11(15)14(18)17-13)12-6-4-5-9(3)16-12/h4-8H,1-3H3,(H,17,18). The average molecular weight is 307 g/mol. The molecule has 0 saturated heterocycles. The summed E-state index contributed by atoms with van der Waals surface area (Å²) in [7, 11) is 0. The first-order chi connectivity index (χ1) is 8.49. The Bertz CT molecular complexity index is 632.